The number of rotatable bonds is 13. The molecule has 4 amide bonds. The normalized spacial score (nSPS) is 25.5. The lowest BCUT2D eigenvalue weighted by Crippen LogP contribution is -2.59. The highest BCUT2D eigenvalue weighted by molar-refractivity contribution is 6.38. The predicted octanol–water partition coefficient (Wildman–Crippen LogP) is 4.51. The number of hydrogen-bond donors (Lipinski definition) is 3. The van der Waals surface area contributed by atoms with E-state index in [4.69, 9.17) is 9.57 Å². The minimum absolute atomic E-state index is 0.0598. The number of nitrogens with zero attached hydrogens (tertiary/aromatic N) is 2. The smallest absolute Gasteiger partial charge is 0.289 e. The van der Waals surface area contributed by atoms with E-state index in [9.17, 15) is 24.0 Å². The van der Waals surface area contributed by atoms with Crippen LogP contribution in [0.25, 0.3) is 0 Å². The molecule has 1 aromatic rings. The van der Waals surface area contributed by atoms with Crippen LogP contribution < -0.4 is 20.7 Å². The first-order chi connectivity index (χ1) is 24.6. The number of likely N-dealkylation sites (tertiary alicyclic amines) is 1. The molecule has 52 heavy (non-hydrogen) atoms. The molecule has 1 spiro atoms. The SMILES string of the molecule is CCC[C@H](NC(=O)[C@@H]1C[C@]2(CC(c3cc(C)c(OCC)c(C)c3)=NO2)CN1C(=O)[C@@H](NC(=O)C1C[C@H]1C1CCCCC1)C(C)(C)C)C(=O)C(=O)NC. The number of Topliss-reactive ketones (excluding diaryl/α,β-unsaturated/α-hetero) is 1. The quantitative estimate of drug-likeness (QED) is 0.253. The number of likely N-dealkylation sites (N-methyl/N-ethyl adjacent to an activating group) is 1. The zero-order chi connectivity index (χ0) is 38.0. The Balaban J connectivity index is 1.40. The second kappa shape index (κ2) is 16.0. The van der Waals surface area contributed by atoms with E-state index in [1.54, 1.807) is 0 Å². The molecule has 0 aromatic heterocycles. The number of amides is 4. The summed E-state index contributed by atoms with van der Waals surface area (Å²) in [5.41, 5.74) is 1.83. The molecule has 2 saturated carbocycles. The number of oxime groups is 1. The lowest BCUT2D eigenvalue weighted by molar-refractivity contribution is -0.145. The van der Waals surface area contributed by atoms with E-state index in [-0.39, 0.29) is 37.1 Å². The second-order valence-corrected chi connectivity index (χ2v) is 16.6. The highest BCUT2D eigenvalue weighted by Crippen LogP contribution is 2.50. The van der Waals surface area contributed by atoms with Gasteiger partial charge in [-0.1, -0.05) is 71.4 Å². The van der Waals surface area contributed by atoms with Crippen LogP contribution in [-0.2, 0) is 28.8 Å². The van der Waals surface area contributed by atoms with Gasteiger partial charge < -0.3 is 30.4 Å². The fourth-order valence-electron chi connectivity index (χ4n) is 8.54. The number of ketones is 1. The summed E-state index contributed by atoms with van der Waals surface area (Å²) in [5.74, 6) is -0.952. The molecule has 3 N–H and O–H groups in total. The van der Waals surface area contributed by atoms with Crippen molar-refractivity contribution in [1.29, 1.82) is 0 Å². The molecule has 1 aromatic carbocycles. The summed E-state index contributed by atoms with van der Waals surface area (Å²) in [4.78, 5) is 75.6. The Hall–Kier alpha value is -3.96. The van der Waals surface area contributed by atoms with Crippen LogP contribution >= 0.6 is 0 Å². The van der Waals surface area contributed by atoms with E-state index < -0.39 is 46.7 Å². The lowest BCUT2D eigenvalue weighted by atomic mass is 9.84. The maximum Gasteiger partial charge on any atom is 0.289 e. The molecule has 3 fully saturated rings. The number of aryl methyl sites for hydroxylation is 2. The average molecular weight is 722 g/mol. The third kappa shape index (κ3) is 8.46. The van der Waals surface area contributed by atoms with Gasteiger partial charge in [0.25, 0.3) is 5.91 Å². The Bertz CT molecular complexity index is 1550. The second-order valence-electron chi connectivity index (χ2n) is 16.6. The van der Waals surface area contributed by atoms with E-state index in [0.29, 0.717) is 37.0 Å². The highest BCUT2D eigenvalue weighted by atomic mass is 16.7. The van der Waals surface area contributed by atoms with Crippen molar-refractivity contribution < 1.29 is 33.5 Å². The summed E-state index contributed by atoms with van der Waals surface area (Å²) in [7, 11) is 1.37. The summed E-state index contributed by atoms with van der Waals surface area (Å²) in [6.07, 6.45) is 8.10. The highest BCUT2D eigenvalue weighted by Gasteiger charge is 2.56. The number of carbonyl (C=O) groups excluding carboxylic acids is 5. The standard InChI is InChI=1S/C40H59N5O7/c1-9-14-29(32(46)37(49)41-8)42-36(48)31-21-40(20-30(44-52-40)26-17-23(3)33(51-10-2)24(4)18-26)22-45(31)38(50)34(39(5,6)7)43-35(47)28-19-27(28)25-15-12-11-13-16-25/h17-18,25,27-29,31,34H,9-16,19-22H2,1-8H3,(H,41,49)(H,42,48)(H,43,47)/t27-,28?,29-,31-,34+,40+/m0/s1. The maximum absolute atomic E-state index is 14.7. The van der Waals surface area contributed by atoms with Crippen molar-refractivity contribution in [2.45, 2.75) is 136 Å². The van der Waals surface area contributed by atoms with Gasteiger partial charge in [0, 0.05) is 31.4 Å². The first-order valence-corrected chi connectivity index (χ1v) is 19.3. The number of nitrogens with one attached hydrogen (secondary N) is 3. The maximum atomic E-state index is 14.7. The molecular formula is C40H59N5O7. The monoisotopic (exact) mass is 721 g/mol. The molecule has 2 aliphatic heterocycles. The van der Waals surface area contributed by atoms with Crippen molar-refractivity contribution in [2.75, 3.05) is 20.2 Å². The molecule has 12 nitrogen and oxygen atoms in total. The van der Waals surface area contributed by atoms with E-state index in [0.717, 1.165) is 41.7 Å². The van der Waals surface area contributed by atoms with Crippen molar-refractivity contribution in [3.8, 4) is 5.75 Å². The fraction of sp³-hybridized carbons (Fsp3) is 0.700. The Kier molecular flexibility index (Phi) is 12.0. The van der Waals surface area contributed by atoms with Crippen LogP contribution in [0.3, 0.4) is 0 Å². The Morgan fingerprint density at radius 3 is 2.29 bits per heavy atom. The molecule has 5 rings (SSSR count). The Morgan fingerprint density at radius 1 is 1.02 bits per heavy atom. The number of ether oxygens (including phenoxy) is 1. The summed E-state index contributed by atoms with van der Waals surface area (Å²) in [6, 6.07) is 1.02. The zero-order valence-corrected chi connectivity index (χ0v) is 32.4. The molecule has 2 aliphatic carbocycles. The molecular weight excluding hydrogens is 662 g/mol. The van der Waals surface area contributed by atoms with Gasteiger partial charge in [0.05, 0.1) is 24.9 Å². The van der Waals surface area contributed by atoms with Crippen molar-refractivity contribution in [3.05, 3.63) is 28.8 Å². The third-order valence-corrected chi connectivity index (χ3v) is 11.4. The van der Waals surface area contributed by atoms with Gasteiger partial charge in [-0.25, -0.2) is 0 Å². The molecule has 286 valence electrons. The topological polar surface area (TPSA) is 156 Å². The van der Waals surface area contributed by atoms with Crippen molar-refractivity contribution in [2.24, 2.45) is 28.3 Å². The van der Waals surface area contributed by atoms with Gasteiger partial charge in [0.1, 0.15) is 17.8 Å². The van der Waals surface area contributed by atoms with Crippen molar-refractivity contribution in [3.63, 3.8) is 0 Å². The predicted molar refractivity (Wildman–Crippen MR) is 198 cm³/mol. The Labute approximate surface area is 308 Å². The summed E-state index contributed by atoms with van der Waals surface area (Å²) < 4.78 is 5.84. The fourth-order valence-corrected chi connectivity index (χ4v) is 8.54. The number of benzene rings is 1. The number of carbonyl (C=O) groups is 5. The van der Waals surface area contributed by atoms with Gasteiger partial charge in [-0.3, -0.25) is 24.0 Å². The summed E-state index contributed by atoms with van der Waals surface area (Å²) in [5, 5.41) is 12.8. The minimum Gasteiger partial charge on any atom is -0.493 e. The molecule has 0 bridgehead atoms. The minimum atomic E-state index is -1.05. The van der Waals surface area contributed by atoms with Gasteiger partial charge in [-0.15, -0.1) is 0 Å². The largest absolute Gasteiger partial charge is 0.493 e. The third-order valence-electron chi connectivity index (χ3n) is 11.4. The van der Waals surface area contributed by atoms with Crippen LogP contribution in [-0.4, -0.2) is 83.9 Å². The van der Waals surface area contributed by atoms with Crippen LogP contribution in [0.15, 0.2) is 17.3 Å². The zero-order valence-electron chi connectivity index (χ0n) is 32.4. The molecule has 2 heterocycles. The van der Waals surface area contributed by atoms with Crippen LogP contribution in [0, 0.1) is 37.0 Å². The van der Waals surface area contributed by atoms with E-state index in [1.165, 1.54) is 31.2 Å². The van der Waals surface area contributed by atoms with E-state index >= 15 is 0 Å². The first kappa shape index (κ1) is 39.3. The van der Waals surface area contributed by atoms with Crippen LogP contribution in [0.5, 0.6) is 5.75 Å². The molecule has 1 saturated heterocycles. The lowest BCUT2D eigenvalue weighted by Gasteiger charge is -2.36. The molecule has 1 unspecified atom stereocenters. The van der Waals surface area contributed by atoms with Gasteiger partial charge >= 0.3 is 0 Å². The van der Waals surface area contributed by atoms with Crippen molar-refractivity contribution >= 4 is 35.1 Å². The van der Waals surface area contributed by atoms with Crippen LogP contribution in [0.1, 0.15) is 116 Å². The Morgan fingerprint density at radius 2 is 1.69 bits per heavy atom. The summed E-state index contributed by atoms with van der Waals surface area (Å²) >= 11 is 0. The van der Waals surface area contributed by atoms with Crippen LogP contribution in [0.4, 0.5) is 0 Å². The first-order valence-electron chi connectivity index (χ1n) is 19.3. The van der Waals surface area contributed by atoms with Gasteiger partial charge in [-0.2, -0.15) is 0 Å². The number of hydrogen-bond acceptors (Lipinski definition) is 8. The molecule has 0 radical (unpaired) electrons. The van der Waals surface area contributed by atoms with E-state index in [2.05, 4.69) is 21.1 Å². The average Bonchev–Trinajstić information content (AvgIpc) is 3.68. The molecule has 4 aliphatic rings. The van der Waals surface area contributed by atoms with Crippen LogP contribution in [0.2, 0.25) is 0 Å². The summed E-state index contributed by atoms with van der Waals surface area (Å²) in [6.45, 7) is 14.1. The van der Waals surface area contributed by atoms with Crippen molar-refractivity contribution in [1.82, 2.24) is 20.9 Å². The van der Waals surface area contributed by atoms with Gasteiger partial charge in [0.2, 0.25) is 23.5 Å². The van der Waals surface area contributed by atoms with Gasteiger partial charge in [0.15, 0.2) is 5.60 Å². The molecule has 12 heteroatoms. The van der Waals surface area contributed by atoms with E-state index in [1.807, 2.05) is 60.6 Å². The molecule has 6 atom stereocenters. The van der Waals surface area contributed by atoms with Gasteiger partial charge in [-0.05, 0) is 74.1 Å².